The van der Waals surface area contributed by atoms with Crippen LogP contribution in [0.2, 0.25) is 0 Å². The molecule has 0 bridgehead atoms. The summed E-state index contributed by atoms with van der Waals surface area (Å²) in [6.07, 6.45) is 0.366. The molecular formula is C20H14BrFN2OS. The van der Waals surface area contributed by atoms with Crippen LogP contribution in [0.5, 0.6) is 5.75 Å². The first-order valence-electron chi connectivity index (χ1n) is 8.31. The van der Waals surface area contributed by atoms with Crippen LogP contribution in [0.3, 0.4) is 0 Å². The number of para-hydroxylation sites is 1. The third-order valence-corrected chi connectivity index (χ3v) is 6.36. The van der Waals surface area contributed by atoms with E-state index in [2.05, 4.69) is 28.1 Å². The number of rotatable bonds is 2. The van der Waals surface area contributed by atoms with Gasteiger partial charge in [-0.05, 0) is 46.3 Å². The van der Waals surface area contributed by atoms with Gasteiger partial charge in [0.2, 0.25) is 6.23 Å². The predicted molar refractivity (Wildman–Crippen MR) is 104 cm³/mol. The molecule has 2 aliphatic rings. The minimum atomic E-state index is -0.438. The molecule has 0 saturated heterocycles. The number of thiophene rings is 1. The maximum absolute atomic E-state index is 13.8. The van der Waals surface area contributed by atoms with E-state index in [1.165, 1.54) is 12.1 Å². The fourth-order valence-corrected chi connectivity index (χ4v) is 4.91. The predicted octanol–water partition coefficient (Wildman–Crippen LogP) is 5.89. The SMILES string of the molecule is Fc1cccc([C@@H]2Oc3ccccc3[C@H]3CC(c4ccc(Br)s4)=NN32)c1. The third-order valence-electron chi connectivity index (χ3n) is 4.69. The smallest absolute Gasteiger partial charge is 0.213 e. The summed E-state index contributed by atoms with van der Waals surface area (Å²) in [6.45, 7) is 0. The molecular weight excluding hydrogens is 415 g/mol. The van der Waals surface area contributed by atoms with Crippen molar-refractivity contribution < 1.29 is 9.13 Å². The minimum Gasteiger partial charge on any atom is -0.464 e. The Bertz CT molecular complexity index is 1020. The molecule has 0 N–H and O–H groups in total. The Morgan fingerprint density at radius 1 is 1.12 bits per heavy atom. The lowest BCUT2D eigenvalue weighted by Crippen LogP contribution is -2.33. The van der Waals surface area contributed by atoms with Gasteiger partial charge in [-0.1, -0.05) is 30.3 Å². The lowest BCUT2D eigenvalue weighted by Gasteiger charge is -2.38. The Balaban J connectivity index is 1.61. The average molecular weight is 429 g/mol. The van der Waals surface area contributed by atoms with Crippen molar-refractivity contribution in [3.63, 3.8) is 0 Å². The van der Waals surface area contributed by atoms with Gasteiger partial charge in [0.05, 0.1) is 20.4 Å². The zero-order chi connectivity index (χ0) is 17.7. The van der Waals surface area contributed by atoms with Crippen molar-refractivity contribution in [2.75, 3.05) is 0 Å². The van der Waals surface area contributed by atoms with E-state index >= 15 is 0 Å². The van der Waals surface area contributed by atoms with Crippen LogP contribution < -0.4 is 4.74 Å². The van der Waals surface area contributed by atoms with Crippen LogP contribution in [0.25, 0.3) is 0 Å². The quantitative estimate of drug-likeness (QED) is 0.507. The van der Waals surface area contributed by atoms with E-state index in [9.17, 15) is 4.39 Å². The molecule has 0 aliphatic carbocycles. The van der Waals surface area contributed by atoms with Crippen LogP contribution in [0.1, 0.15) is 34.7 Å². The van der Waals surface area contributed by atoms with E-state index in [4.69, 9.17) is 9.84 Å². The first-order valence-corrected chi connectivity index (χ1v) is 9.92. The number of fused-ring (bicyclic) bond motifs is 3. The second-order valence-corrected chi connectivity index (χ2v) is 8.78. The van der Waals surface area contributed by atoms with Gasteiger partial charge in [0, 0.05) is 17.5 Å². The maximum atomic E-state index is 13.8. The molecule has 3 aromatic rings. The molecule has 3 heterocycles. The molecule has 6 heteroatoms. The molecule has 3 nitrogen and oxygen atoms in total. The van der Waals surface area contributed by atoms with Crippen LogP contribution >= 0.6 is 27.3 Å². The summed E-state index contributed by atoms with van der Waals surface area (Å²) >= 11 is 5.19. The molecule has 0 amide bonds. The molecule has 0 fully saturated rings. The fraction of sp³-hybridized carbons (Fsp3) is 0.150. The molecule has 26 heavy (non-hydrogen) atoms. The van der Waals surface area contributed by atoms with Gasteiger partial charge >= 0.3 is 0 Å². The van der Waals surface area contributed by atoms with Crippen molar-refractivity contribution in [3.8, 4) is 5.75 Å². The Hall–Kier alpha value is -2.18. The highest BCUT2D eigenvalue weighted by molar-refractivity contribution is 9.11. The Morgan fingerprint density at radius 2 is 2.00 bits per heavy atom. The van der Waals surface area contributed by atoms with Crippen molar-refractivity contribution in [3.05, 3.63) is 86.3 Å². The van der Waals surface area contributed by atoms with Gasteiger partial charge in [-0.2, -0.15) is 5.10 Å². The van der Waals surface area contributed by atoms with E-state index in [1.54, 1.807) is 17.4 Å². The maximum Gasteiger partial charge on any atom is 0.213 e. The highest BCUT2D eigenvalue weighted by Gasteiger charge is 2.41. The summed E-state index contributed by atoms with van der Waals surface area (Å²) in [5.74, 6) is 0.568. The van der Waals surface area contributed by atoms with E-state index in [0.29, 0.717) is 0 Å². The fourth-order valence-electron chi connectivity index (χ4n) is 3.53. The van der Waals surface area contributed by atoms with E-state index in [0.717, 1.165) is 37.7 Å². The normalized spacial score (nSPS) is 21.0. The highest BCUT2D eigenvalue weighted by atomic mass is 79.9. The van der Waals surface area contributed by atoms with E-state index in [1.807, 2.05) is 35.3 Å². The summed E-state index contributed by atoms with van der Waals surface area (Å²) in [5, 5.41) is 6.84. The summed E-state index contributed by atoms with van der Waals surface area (Å²) in [7, 11) is 0. The van der Waals surface area contributed by atoms with Crippen molar-refractivity contribution in [2.24, 2.45) is 5.10 Å². The van der Waals surface area contributed by atoms with Crippen molar-refractivity contribution in [1.29, 1.82) is 0 Å². The van der Waals surface area contributed by atoms with Gasteiger partial charge in [-0.15, -0.1) is 11.3 Å². The van der Waals surface area contributed by atoms with Crippen LogP contribution in [0, 0.1) is 5.82 Å². The Morgan fingerprint density at radius 3 is 2.81 bits per heavy atom. The van der Waals surface area contributed by atoms with Crippen molar-refractivity contribution in [1.82, 2.24) is 5.01 Å². The zero-order valence-corrected chi connectivity index (χ0v) is 16.0. The van der Waals surface area contributed by atoms with Gasteiger partial charge in [-0.25, -0.2) is 9.40 Å². The molecule has 130 valence electrons. The van der Waals surface area contributed by atoms with E-state index < -0.39 is 6.23 Å². The Kier molecular flexibility index (Phi) is 3.83. The number of halogens is 2. The van der Waals surface area contributed by atoms with Gasteiger partial charge in [0.15, 0.2) is 0 Å². The molecule has 0 saturated carbocycles. The van der Waals surface area contributed by atoms with E-state index in [-0.39, 0.29) is 11.9 Å². The standard InChI is InChI=1S/C20H14BrFN2OS/c21-19-9-8-18(26-19)15-11-16-14-6-1-2-7-17(14)25-20(24(16)23-15)12-4-3-5-13(22)10-12/h1-10,16,20H,11H2/t16-,20+/m1/s1. The second-order valence-electron chi connectivity index (χ2n) is 6.31. The zero-order valence-electron chi connectivity index (χ0n) is 13.6. The lowest BCUT2D eigenvalue weighted by atomic mass is 9.98. The molecule has 2 atom stereocenters. The summed E-state index contributed by atoms with van der Waals surface area (Å²) in [4.78, 5) is 1.14. The Labute approximate surface area is 162 Å². The largest absolute Gasteiger partial charge is 0.464 e. The van der Waals surface area contributed by atoms with Gasteiger partial charge < -0.3 is 4.74 Å². The van der Waals surface area contributed by atoms with Crippen molar-refractivity contribution >= 4 is 33.0 Å². The van der Waals surface area contributed by atoms with Gasteiger partial charge in [-0.3, -0.25) is 0 Å². The summed E-state index contributed by atoms with van der Waals surface area (Å²) < 4.78 is 21.1. The van der Waals surface area contributed by atoms with Crippen LogP contribution in [-0.2, 0) is 0 Å². The number of hydrogen-bond donors (Lipinski definition) is 0. The highest BCUT2D eigenvalue weighted by Crippen LogP contribution is 2.47. The minimum absolute atomic E-state index is 0.0871. The summed E-state index contributed by atoms with van der Waals surface area (Å²) in [6, 6.07) is 18.8. The molecule has 2 aliphatic heterocycles. The average Bonchev–Trinajstić information content (AvgIpc) is 3.27. The monoisotopic (exact) mass is 428 g/mol. The topological polar surface area (TPSA) is 24.8 Å². The third kappa shape index (κ3) is 2.64. The first kappa shape index (κ1) is 16.0. The molecule has 2 aromatic carbocycles. The first-order chi connectivity index (χ1) is 12.7. The van der Waals surface area contributed by atoms with Gasteiger partial charge in [0.25, 0.3) is 0 Å². The van der Waals surface area contributed by atoms with Crippen LogP contribution in [0.15, 0.2) is 69.6 Å². The number of hydrogen-bond acceptors (Lipinski definition) is 4. The number of hydrazone groups is 1. The lowest BCUT2D eigenvalue weighted by molar-refractivity contribution is -0.0192. The number of benzene rings is 2. The molecule has 0 unspecified atom stereocenters. The van der Waals surface area contributed by atoms with Crippen molar-refractivity contribution in [2.45, 2.75) is 18.7 Å². The molecule has 5 rings (SSSR count). The summed E-state index contributed by atoms with van der Waals surface area (Å²) in [5.41, 5.74) is 2.92. The van der Waals surface area contributed by atoms with Crippen LogP contribution in [0.4, 0.5) is 4.39 Å². The number of nitrogens with zero attached hydrogens (tertiary/aromatic N) is 2. The van der Waals surface area contributed by atoms with Crippen LogP contribution in [-0.4, -0.2) is 10.7 Å². The second kappa shape index (κ2) is 6.21. The molecule has 0 radical (unpaired) electrons. The van der Waals surface area contributed by atoms with Gasteiger partial charge in [0.1, 0.15) is 11.6 Å². The molecule has 0 spiro atoms. The molecule has 1 aromatic heterocycles. The number of ether oxygens (including phenoxy) is 1.